The number of rotatable bonds is 5. The molecule has 1 saturated heterocycles. The molecule has 0 saturated carbocycles. The summed E-state index contributed by atoms with van der Waals surface area (Å²) in [6.45, 7) is 3.67. The number of ether oxygens (including phenoxy) is 1. The molecular formula is C11H25N5O. The number of nitrogens with two attached hydrogens (primary N) is 1. The highest BCUT2D eigenvalue weighted by atomic mass is 16.5. The van der Waals surface area contributed by atoms with E-state index in [0.717, 1.165) is 26.1 Å². The van der Waals surface area contributed by atoms with Crippen molar-refractivity contribution in [3.8, 4) is 0 Å². The lowest BCUT2D eigenvalue weighted by Gasteiger charge is -2.30. The van der Waals surface area contributed by atoms with Gasteiger partial charge in [0.15, 0.2) is 0 Å². The maximum atomic E-state index is 5.45. The van der Waals surface area contributed by atoms with Crippen molar-refractivity contribution in [2.24, 2.45) is 10.8 Å². The van der Waals surface area contributed by atoms with E-state index < -0.39 is 0 Å². The Morgan fingerprint density at radius 3 is 3.06 bits per heavy atom. The maximum Gasteiger partial charge on any atom is 0.205 e. The van der Waals surface area contributed by atoms with Gasteiger partial charge in [-0.15, -0.1) is 0 Å². The van der Waals surface area contributed by atoms with E-state index >= 15 is 0 Å². The maximum absolute atomic E-state index is 5.45. The minimum Gasteiger partial charge on any atom is -0.385 e. The number of hydrazine groups is 1. The van der Waals surface area contributed by atoms with Crippen molar-refractivity contribution in [1.82, 2.24) is 15.6 Å². The third kappa shape index (κ3) is 5.86. The van der Waals surface area contributed by atoms with Gasteiger partial charge < -0.3 is 15.0 Å². The van der Waals surface area contributed by atoms with Crippen LogP contribution in [-0.2, 0) is 4.74 Å². The number of nitrogens with zero attached hydrogens (tertiary/aromatic N) is 2. The van der Waals surface area contributed by atoms with Gasteiger partial charge in [0, 0.05) is 32.8 Å². The quantitative estimate of drug-likeness (QED) is 0.200. The first-order valence-electron chi connectivity index (χ1n) is 6.21. The Labute approximate surface area is 104 Å². The highest BCUT2D eigenvalue weighted by Gasteiger charge is 2.17. The van der Waals surface area contributed by atoms with Gasteiger partial charge in [-0.1, -0.05) is 0 Å². The van der Waals surface area contributed by atoms with E-state index in [4.69, 9.17) is 10.6 Å². The lowest BCUT2D eigenvalue weighted by atomic mass is 10.1. The second kappa shape index (κ2) is 8.27. The highest BCUT2D eigenvalue weighted by molar-refractivity contribution is 5.79. The van der Waals surface area contributed by atoms with Crippen molar-refractivity contribution < 1.29 is 4.74 Å². The number of hydrogen-bond donors (Lipinski definition) is 3. The van der Waals surface area contributed by atoms with Crippen LogP contribution in [0.2, 0.25) is 0 Å². The molecule has 1 aliphatic rings. The molecule has 1 fully saturated rings. The molecule has 1 aliphatic heterocycles. The molecule has 1 atom stereocenters. The van der Waals surface area contributed by atoms with E-state index in [-0.39, 0.29) is 0 Å². The fourth-order valence-electron chi connectivity index (χ4n) is 2.01. The predicted molar refractivity (Wildman–Crippen MR) is 69.8 cm³/mol. The first-order chi connectivity index (χ1) is 8.26. The molecule has 0 aliphatic carbocycles. The fourth-order valence-corrected chi connectivity index (χ4v) is 2.01. The van der Waals surface area contributed by atoms with E-state index in [0.29, 0.717) is 12.0 Å². The Bertz CT molecular complexity index is 234. The number of hydrogen-bond acceptors (Lipinski definition) is 4. The molecule has 1 rings (SSSR count). The Kier molecular flexibility index (Phi) is 6.91. The normalized spacial score (nSPS) is 22.5. The van der Waals surface area contributed by atoms with Gasteiger partial charge in [0.2, 0.25) is 5.96 Å². The zero-order chi connectivity index (χ0) is 12.5. The Morgan fingerprint density at radius 2 is 2.41 bits per heavy atom. The van der Waals surface area contributed by atoms with Crippen molar-refractivity contribution in [1.29, 1.82) is 0 Å². The standard InChI is InChI=1S/C11H25N5O/c1-16-7-3-5-10(9-16)14-11(15-12)13-6-4-8-17-2/h10H,3-9,12H2,1-2H3,(H2,13,14,15). The van der Waals surface area contributed by atoms with Gasteiger partial charge >= 0.3 is 0 Å². The number of likely N-dealkylation sites (N-methyl/N-ethyl adjacent to an activating group) is 1. The summed E-state index contributed by atoms with van der Waals surface area (Å²) in [5.74, 6) is 6.13. The third-order valence-electron chi connectivity index (χ3n) is 2.88. The summed E-state index contributed by atoms with van der Waals surface area (Å²) < 4.78 is 4.97. The zero-order valence-electron chi connectivity index (χ0n) is 10.9. The van der Waals surface area contributed by atoms with Crippen molar-refractivity contribution in [3.63, 3.8) is 0 Å². The topological polar surface area (TPSA) is 74.9 Å². The lowest BCUT2D eigenvalue weighted by Crippen LogP contribution is -2.51. The summed E-state index contributed by atoms with van der Waals surface area (Å²) in [6.07, 6.45) is 3.30. The summed E-state index contributed by atoms with van der Waals surface area (Å²) in [4.78, 5) is 6.69. The minimum atomic E-state index is 0.436. The van der Waals surface area contributed by atoms with Crippen molar-refractivity contribution >= 4 is 5.96 Å². The number of nitrogens with one attached hydrogen (secondary N) is 2. The van der Waals surface area contributed by atoms with Crippen molar-refractivity contribution in [3.05, 3.63) is 0 Å². The predicted octanol–water partition coefficient (Wildman–Crippen LogP) is -0.474. The van der Waals surface area contributed by atoms with E-state index in [1.807, 2.05) is 0 Å². The molecule has 17 heavy (non-hydrogen) atoms. The minimum absolute atomic E-state index is 0.436. The molecule has 100 valence electrons. The molecule has 6 heteroatoms. The summed E-state index contributed by atoms with van der Waals surface area (Å²) >= 11 is 0. The molecular weight excluding hydrogens is 218 g/mol. The van der Waals surface area contributed by atoms with Gasteiger partial charge in [-0.3, -0.25) is 10.4 Å². The SMILES string of the molecule is COCCCN=C(NN)NC1CCCN(C)C1. The molecule has 0 bridgehead atoms. The van der Waals surface area contributed by atoms with Gasteiger partial charge in [-0.05, 0) is 32.9 Å². The monoisotopic (exact) mass is 243 g/mol. The van der Waals surface area contributed by atoms with Crippen LogP contribution in [0.3, 0.4) is 0 Å². The van der Waals surface area contributed by atoms with Crippen LogP contribution in [0.15, 0.2) is 4.99 Å². The molecule has 0 amide bonds. The largest absolute Gasteiger partial charge is 0.385 e. The molecule has 0 aromatic heterocycles. The summed E-state index contributed by atoms with van der Waals surface area (Å²) in [7, 11) is 3.83. The molecule has 1 unspecified atom stereocenters. The van der Waals surface area contributed by atoms with Crippen LogP contribution >= 0.6 is 0 Å². The average molecular weight is 243 g/mol. The van der Waals surface area contributed by atoms with Crippen LogP contribution in [0, 0.1) is 0 Å². The molecule has 0 aromatic rings. The highest BCUT2D eigenvalue weighted by Crippen LogP contribution is 2.07. The van der Waals surface area contributed by atoms with Gasteiger partial charge in [0.1, 0.15) is 0 Å². The van der Waals surface area contributed by atoms with E-state index in [1.54, 1.807) is 7.11 Å². The average Bonchev–Trinajstić information content (AvgIpc) is 2.33. The van der Waals surface area contributed by atoms with Crippen LogP contribution < -0.4 is 16.6 Å². The first-order valence-corrected chi connectivity index (χ1v) is 6.21. The zero-order valence-corrected chi connectivity index (χ0v) is 10.9. The Balaban J connectivity index is 2.29. The Hall–Kier alpha value is -0.850. The van der Waals surface area contributed by atoms with Crippen molar-refractivity contribution in [2.45, 2.75) is 25.3 Å². The molecule has 0 radical (unpaired) electrons. The van der Waals surface area contributed by atoms with Crippen LogP contribution in [0.4, 0.5) is 0 Å². The molecule has 4 N–H and O–H groups in total. The number of guanidine groups is 1. The van der Waals surface area contributed by atoms with E-state index in [9.17, 15) is 0 Å². The van der Waals surface area contributed by atoms with E-state index in [2.05, 4.69) is 27.7 Å². The van der Waals surface area contributed by atoms with Gasteiger partial charge in [-0.2, -0.15) is 0 Å². The smallest absolute Gasteiger partial charge is 0.205 e. The molecule has 1 heterocycles. The lowest BCUT2D eigenvalue weighted by molar-refractivity contribution is 0.197. The number of piperidine rings is 1. The van der Waals surface area contributed by atoms with Crippen LogP contribution in [-0.4, -0.2) is 57.3 Å². The van der Waals surface area contributed by atoms with Crippen LogP contribution in [0.25, 0.3) is 0 Å². The summed E-state index contributed by atoms with van der Waals surface area (Å²) in [5, 5.41) is 3.34. The summed E-state index contributed by atoms with van der Waals surface area (Å²) in [5.41, 5.74) is 2.62. The first kappa shape index (κ1) is 14.2. The number of aliphatic imine (C=N–C) groups is 1. The Morgan fingerprint density at radius 1 is 1.59 bits per heavy atom. The molecule has 0 spiro atoms. The van der Waals surface area contributed by atoms with Crippen molar-refractivity contribution in [2.75, 3.05) is 40.4 Å². The second-order valence-corrected chi connectivity index (χ2v) is 4.47. The molecule has 6 nitrogen and oxygen atoms in total. The number of likely N-dealkylation sites (tertiary alicyclic amines) is 1. The van der Waals surface area contributed by atoms with Crippen LogP contribution in [0.5, 0.6) is 0 Å². The molecule has 0 aromatic carbocycles. The second-order valence-electron chi connectivity index (χ2n) is 4.47. The summed E-state index contributed by atoms with van der Waals surface area (Å²) in [6, 6.07) is 0.436. The van der Waals surface area contributed by atoms with E-state index in [1.165, 1.54) is 19.4 Å². The van der Waals surface area contributed by atoms with Gasteiger partial charge in [0.05, 0.1) is 0 Å². The fraction of sp³-hybridized carbons (Fsp3) is 0.909. The van der Waals surface area contributed by atoms with Gasteiger partial charge in [-0.25, -0.2) is 5.84 Å². The van der Waals surface area contributed by atoms with Crippen LogP contribution in [0.1, 0.15) is 19.3 Å². The third-order valence-corrected chi connectivity index (χ3v) is 2.88. The van der Waals surface area contributed by atoms with Gasteiger partial charge in [0.25, 0.3) is 0 Å². The number of methoxy groups -OCH3 is 1.